The second kappa shape index (κ2) is 4.72. The first-order chi connectivity index (χ1) is 7.25. The summed E-state index contributed by atoms with van der Waals surface area (Å²) >= 11 is 0. The Morgan fingerprint density at radius 2 is 2.60 bits per heavy atom. The fourth-order valence-electron chi connectivity index (χ4n) is 1.95. The van der Waals surface area contributed by atoms with Gasteiger partial charge in [-0.1, -0.05) is 0 Å². The number of nitrogens with zero attached hydrogens (tertiary/aromatic N) is 3. The second-order valence-electron chi connectivity index (χ2n) is 4.12. The van der Waals surface area contributed by atoms with Crippen LogP contribution in [0.3, 0.4) is 0 Å². The zero-order chi connectivity index (χ0) is 10.7. The predicted molar refractivity (Wildman–Crippen MR) is 54.3 cm³/mol. The summed E-state index contributed by atoms with van der Waals surface area (Å²) in [5.41, 5.74) is 0. The van der Waals surface area contributed by atoms with Crippen molar-refractivity contribution < 1.29 is 9.84 Å². The van der Waals surface area contributed by atoms with Gasteiger partial charge in [-0.25, -0.2) is 4.98 Å². The van der Waals surface area contributed by atoms with Crippen LogP contribution in [-0.2, 0) is 18.2 Å². The topological polar surface area (TPSA) is 60.2 Å². The molecule has 1 N–H and O–H groups in total. The lowest BCUT2D eigenvalue weighted by atomic mass is 9.99. The average Bonchev–Trinajstić information content (AvgIpc) is 2.79. The number of aryl methyl sites for hydroxylation is 1. The highest BCUT2D eigenvalue weighted by atomic mass is 16.5. The SMILES string of the molecule is Cn1ncnc1CC(O)CC1CCOC1. The summed E-state index contributed by atoms with van der Waals surface area (Å²) in [4.78, 5) is 4.09. The Kier molecular flexibility index (Phi) is 3.33. The number of aromatic nitrogens is 3. The van der Waals surface area contributed by atoms with E-state index in [-0.39, 0.29) is 6.10 Å². The van der Waals surface area contributed by atoms with E-state index in [1.807, 2.05) is 7.05 Å². The lowest BCUT2D eigenvalue weighted by Gasteiger charge is -2.13. The van der Waals surface area contributed by atoms with Gasteiger partial charge in [0.2, 0.25) is 0 Å². The van der Waals surface area contributed by atoms with E-state index >= 15 is 0 Å². The number of ether oxygens (including phenoxy) is 1. The van der Waals surface area contributed by atoms with Crippen LogP contribution in [0.4, 0.5) is 0 Å². The molecule has 2 atom stereocenters. The van der Waals surface area contributed by atoms with Crippen LogP contribution in [0.15, 0.2) is 6.33 Å². The smallest absolute Gasteiger partial charge is 0.138 e. The number of aliphatic hydroxyl groups is 1. The Labute approximate surface area is 89.1 Å². The third-order valence-electron chi connectivity index (χ3n) is 2.85. The molecule has 5 nitrogen and oxygen atoms in total. The van der Waals surface area contributed by atoms with Gasteiger partial charge in [0.1, 0.15) is 12.2 Å². The highest BCUT2D eigenvalue weighted by Crippen LogP contribution is 2.19. The lowest BCUT2D eigenvalue weighted by molar-refractivity contribution is 0.126. The molecule has 15 heavy (non-hydrogen) atoms. The summed E-state index contributed by atoms with van der Waals surface area (Å²) in [6.45, 7) is 1.62. The van der Waals surface area contributed by atoms with Gasteiger partial charge in [0, 0.05) is 26.7 Å². The maximum absolute atomic E-state index is 9.87. The molecule has 2 unspecified atom stereocenters. The van der Waals surface area contributed by atoms with Gasteiger partial charge < -0.3 is 9.84 Å². The van der Waals surface area contributed by atoms with Crippen molar-refractivity contribution in [3.63, 3.8) is 0 Å². The molecule has 0 saturated carbocycles. The third-order valence-corrected chi connectivity index (χ3v) is 2.85. The molecule has 1 aliphatic rings. The van der Waals surface area contributed by atoms with Gasteiger partial charge in [-0.15, -0.1) is 0 Å². The van der Waals surface area contributed by atoms with Gasteiger partial charge in [0.25, 0.3) is 0 Å². The Morgan fingerprint density at radius 3 is 3.20 bits per heavy atom. The van der Waals surface area contributed by atoms with Gasteiger partial charge in [-0.2, -0.15) is 5.10 Å². The first-order valence-electron chi connectivity index (χ1n) is 5.34. The van der Waals surface area contributed by atoms with Crippen LogP contribution in [0, 0.1) is 5.92 Å². The molecule has 0 aromatic carbocycles. The molecule has 1 fully saturated rings. The van der Waals surface area contributed by atoms with Crippen LogP contribution in [0.2, 0.25) is 0 Å². The lowest BCUT2D eigenvalue weighted by Crippen LogP contribution is -2.18. The molecule has 1 aromatic rings. The Balaban J connectivity index is 1.81. The van der Waals surface area contributed by atoms with Crippen molar-refractivity contribution in [1.29, 1.82) is 0 Å². The van der Waals surface area contributed by atoms with E-state index < -0.39 is 0 Å². The van der Waals surface area contributed by atoms with E-state index in [2.05, 4.69) is 10.1 Å². The summed E-state index contributed by atoms with van der Waals surface area (Å²) in [5, 5.41) is 13.8. The molecule has 0 bridgehead atoms. The molecule has 5 heteroatoms. The first kappa shape index (κ1) is 10.6. The first-order valence-corrected chi connectivity index (χ1v) is 5.34. The monoisotopic (exact) mass is 211 g/mol. The van der Waals surface area contributed by atoms with E-state index in [1.165, 1.54) is 6.33 Å². The van der Waals surface area contributed by atoms with Crippen LogP contribution in [0.5, 0.6) is 0 Å². The van der Waals surface area contributed by atoms with Crippen molar-refractivity contribution in [2.75, 3.05) is 13.2 Å². The molecular weight excluding hydrogens is 194 g/mol. The van der Waals surface area contributed by atoms with Crippen molar-refractivity contribution in [3.05, 3.63) is 12.2 Å². The fourth-order valence-corrected chi connectivity index (χ4v) is 1.95. The Bertz CT molecular complexity index is 307. The summed E-state index contributed by atoms with van der Waals surface area (Å²) in [7, 11) is 1.84. The highest BCUT2D eigenvalue weighted by molar-refractivity contribution is 4.87. The standard InChI is InChI=1S/C10H17N3O2/c1-13-10(11-7-12-13)5-9(14)4-8-2-3-15-6-8/h7-9,14H,2-6H2,1H3. The minimum absolute atomic E-state index is 0.334. The van der Waals surface area contributed by atoms with Crippen molar-refractivity contribution in [2.24, 2.45) is 13.0 Å². The largest absolute Gasteiger partial charge is 0.393 e. The van der Waals surface area contributed by atoms with E-state index in [4.69, 9.17) is 4.74 Å². The number of hydrogen-bond acceptors (Lipinski definition) is 4. The van der Waals surface area contributed by atoms with Gasteiger partial charge in [-0.05, 0) is 18.8 Å². The molecule has 1 aliphatic heterocycles. The molecule has 0 radical (unpaired) electrons. The molecule has 0 amide bonds. The van der Waals surface area contributed by atoms with Gasteiger partial charge >= 0.3 is 0 Å². The van der Waals surface area contributed by atoms with Crippen LogP contribution >= 0.6 is 0 Å². The molecule has 1 saturated heterocycles. The number of aliphatic hydroxyl groups excluding tert-OH is 1. The van der Waals surface area contributed by atoms with Crippen molar-refractivity contribution in [2.45, 2.75) is 25.4 Å². The minimum Gasteiger partial charge on any atom is -0.393 e. The van der Waals surface area contributed by atoms with Crippen LogP contribution < -0.4 is 0 Å². The van der Waals surface area contributed by atoms with E-state index in [1.54, 1.807) is 4.68 Å². The zero-order valence-electron chi connectivity index (χ0n) is 8.96. The normalized spacial score (nSPS) is 23.2. The highest BCUT2D eigenvalue weighted by Gasteiger charge is 2.20. The minimum atomic E-state index is -0.334. The van der Waals surface area contributed by atoms with Crippen LogP contribution in [0.25, 0.3) is 0 Å². The van der Waals surface area contributed by atoms with Crippen molar-refractivity contribution in [1.82, 2.24) is 14.8 Å². The average molecular weight is 211 g/mol. The predicted octanol–water partition coefficient (Wildman–Crippen LogP) is 0.145. The summed E-state index contributed by atoms with van der Waals surface area (Å²) in [6.07, 6.45) is 3.62. The quantitative estimate of drug-likeness (QED) is 0.770. The number of rotatable bonds is 4. The van der Waals surface area contributed by atoms with Gasteiger partial charge in [0.15, 0.2) is 0 Å². The van der Waals surface area contributed by atoms with E-state index in [9.17, 15) is 5.11 Å². The molecular formula is C10H17N3O2. The molecule has 2 heterocycles. The zero-order valence-corrected chi connectivity index (χ0v) is 8.96. The van der Waals surface area contributed by atoms with Crippen LogP contribution in [0.1, 0.15) is 18.7 Å². The fraction of sp³-hybridized carbons (Fsp3) is 0.800. The molecule has 0 aliphatic carbocycles. The van der Waals surface area contributed by atoms with Crippen LogP contribution in [-0.4, -0.2) is 39.2 Å². The molecule has 1 aromatic heterocycles. The van der Waals surface area contributed by atoms with E-state index in [0.29, 0.717) is 12.3 Å². The summed E-state index contributed by atoms with van der Waals surface area (Å²) in [6, 6.07) is 0. The number of hydrogen-bond donors (Lipinski definition) is 1. The van der Waals surface area contributed by atoms with Gasteiger partial charge in [0.05, 0.1) is 6.10 Å². The third kappa shape index (κ3) is 2.76. The molecule has 0 spiro atoms. The van der Waals surface area contributed by atoms with Crippen molar-refractivity contribution >= 4 is 0 Å². The maximum atomic E-state index is 9.87. The second-order valence-corrected chi connectivity index (χ2v) is 4.12. The van der Waals surface area contributed by atoms with Crippen molar-refractivity contribution in [3.8, 4) is 0 Å². The Hall–Kier alpha value is -0.940. The maximum Gasteiger partial charge on any atom is 0.138 e. The summed E-state index contributed by atoms with van der Waals surface area (Å²) in [5.74, 6) is 1.34. The Morgan fingerprint density at radius 1 is 1.73 bits per heavy atom. The molecule has 2 rings (SSSR count). The van der Waals surface area contributed by atoms with Gasteiger partial charge in [-0.3, -0.25) is 4.68 Å². The molecule has 84 valence electrons. The van der Waals surface area contributed by atoms with E-state index in [0.717, 1.165) is 31.9 Å². The summed E-state index contributed by atoms with van der Waals surface area (Å²) < 4.78 is 6.98.